The minimum absolute atomic E-state index is 0.171. The highest BCUT2D eigenvalue weighted by Gasteiger charge is 2.30. The smallest absolute Gasteiger partial charge is 0.350 e. The van der Waals surface area contributed by atoms with Crippen LogP contribution in [-0.2, 0) is 12.6 Å². The fourth-order valence-electron chi connectivity index (χ4n) is 1.13. The molecule has 7 heteroatoms. The summed E-state index contributed by atoms with van der Waals surface area (Å²) >= 11 is 0. The first-order valence-corrected chi connectivity index (χ1v) is 4.62. The van der Waals surface area contributed by atoms with E-state index in [4.69, 9.17) is 5.73 Å². The van der Waals surface area contributed by atoms with Crippen molar-refractivity contribution in [1.82, 2.24) is 5.43 Å². The van der Waals surface area contributed by atoms with Crippen LogP contribution in [0.1, 0.15) is 11.1 Å². The normalized spacial score (nSPS) is 11.7. The first kappa shape index (κ1) is 13.0. The van der Waals surface area contributed by atoms with E-state index in [1.165, 1.54) is 18.3 Å². The number of primary amides is 1. The third kappa shape index (κ3) is 4.54. The molecule has 0 spiro atoms. The highest BCUT2D eigenvalue weighted by atomic mass is 19.4. The molecule has 0 bridgehead atoms. The van der Waals surface area contributed by atoms with Gasteiger partial charge < -0.3 is 5.73 Å². The van der Waals surface area contributed by atoms with Gasteiger partial charge in [0, 0.05) is 12.6 Å². The molecule has 4 nitrogen and oxygen atoms in total. The number of halogens is 3. The molecule has 1 aromatic rings. The fraction of sp³-hybridized carbons (Fsp3) is 0.200. The minimum atomic E-state index is -4.36. The Balaban J connectivity index is 2.67. The molecule has 0 unspecified atom stereocenters. The molecular formula is C10H10F3N3O. The van der Waals surface area contributed by atoms with Crippen LogP contribution in [0.25, 0.3) is 0 Å². The number of hydrogen-bond acceptors (Lipinski definition) is 2. The van der Waals surface area contributed by atoms with Gasteiger partial charge in [0.2, 0.25) is 0 Å². The van der Waals surface area contributed by atoms with E-state index >= 15 is 0 Å². The number of nitrogens with zero attached hydrogens (tertiary/aromatic N) is 1. The minimum Gasteiger partial charge on any atom is -0.350 e. The molecule has 0 aromatic heterocycles. The maximum atomic E-state index is 12.4. The van der Waals surface area contributed by atoms with Crippen molar-refractivity contribution in [1.29, 1.82) is 0 Å². The van der Waals surface area contributed by atoms with E-state index in [1.54, 1.807) is 0 Å². The molecule has 3 N–H and O–H groups in total. The Morgan fingerprint density at radius 2 is 2.18 bits per heavy atom. The molecule has 0 atom stereocenters. The van der Waals surface area contributed by atoms with Gasteiger partial charge in [-0.05, 0) is 11.6 Å². The van der Waals surface area contributed by atoms with Gasteiger partial charge in [-0.1, -0.05) is 18.2 Å². The molecule has 2 amide bonds. The summed E-state index contributed by atoms with van der Waals surface area (Å²) in [5, 5.41) is 3.43. The summed E-state index contributed by atoms with van der Waals surface area (Å²) < 4.78 is 37.1. The number of carbonyl (C=O) groups excluding carboxylic acids is 1. The van der Waals surface area contributed by atoms with E-state index in [0.717, 1.165) is 12.1 Å². The molecule has 1 rings (SSSR count). The number of hydrazone groups is 1. The van der Waals surface area contributed by atoms with Crippen LogP contribution in [0.3, 0.4) is 0 Å². The summed E-state index contributed by atoms with van der Waals surface area (Å²) in [6, 6.07) is 4.03. The predicted molar refractivity (Wildman–Crippen MR) is 56.4 cm³/mol. The summed E-state index contributed by atoms with van der Waals surface area (Å²) in [7, 11) is 0. The van der Waals surface area contributed by atoms with E-state index in [1.807, 2.05) is 5.43 Å². The second kappa shape index (κ2) is 5.33. The second-order valence-corrected chi connectivity index (χ2v) is 3.19. The highest BCUT2D eigenvalue weighted by molar-refractivity contribution is 5.73. The Hall–Kier alpha value is -2.05. The highest BCUT2D eigenvalue weighted by Crippen LogP contribution is 2.29. The molecule has 0 heterocycles. The van der Waals surface area contributed by atoms with Crippen molar-refractivity contribution in [2.75, 3.05) is 0 Å². The van der Waals surface area contributed by atoms with Crippen molar-refractivity contribution in [3.8, 4) is 0 Å². The van der Waals surface area contributed by atoms with Crippen LogP contribution in [0.2, 0.25) is 0 Å². The quantitative estimate of drug-likeness (QED) is 0.619. The third-order valence-electron chi connectivity index (χ3n) is 1.85. The summed E-state index contributed by atoms with van der Waals surface area (Å²) in [4.78, 5) is 10.2. The third-order valence-corrected chi connectivity index (χ3v) is 1.85. The number of rotatable bonds is 3. The van der Waals surface area contributed by atoms with Crippen LogP contribution in [0.15, 0.2) is 29.4 Å². The maximum absolute atomic E-state index is 12.4. The average Bonchev–Trinajstić information content (AvgIpc) is 2.23. The Morgan fingerprint density at radius 3 is 2.76 bits per heavy atom. The summed E-state index contributed by atoms with van der Waals surface area (Å²) in [6.45, 7) is 0. The van der Waals surface area contributed by atoms with Gasteiger partial charge in [-0.2, -0.15) is 18.3 Å². The van der Waals surface area contributed by atoms with E-state index in [0.29, 0.717) is 5.56 Å². The van der Waals surface area contributed by atoms with Gasteiger partial charge in [0.05, 0.1) is 5.56 Å². The van der Waals surface area contributed by atoms with Crippen molar-refractivity contribution in [2.24, 2.45) is 10.8 Å². The zero-order valence-corrected chi connectivity index (χ0v) is 8.66. The molecule has 0 aliphatic carbocycles. The first-order valence-electron chi connectivity index (χ1n) is 4.62. The lowest BCUT2D eigenvalue weighted by molar-refractivity contribution is -0.137. The van der Waals surface area contributed by atoms with Crippen molar-refractivity contribution < 1.29 is 18.0 Å². The van der Waals surface area contributed by atoms with Gasteiger partial charge in [-0.15, -0.1) is 0 Å². The van der Waals surface area contributed by atoms with Crippen LogP contribution >= 0.6 is 0 Å². The Morgan fingerprint density at radius 1 is 1.47 bits per heavy atom. The summed E-state index contributed by atoms with van der Waals surface area (Å²) in [6.07, 6.45) is -2.93. The van der Waals surface area contributed by atoms with Gasteiger partial charge in [-0.25, -0.2) is 10.2 Å². The number of nitrogens with two attached hydrogens (primary N) is 1. The zero-order valence-electron chi connectivity index (χ0n) is 8.66. The van der Waals surface area contributed by atoms with Gasteiger partial charge in [0.15, 0.2) is 0 Å². The maximum Gasteiger partial charge on any atom is 0.416 e. The number of carbonyl (C=O) groups is 1. The van der Waals surface area contributed by atoms with Crippen molar-refractivity contribution in [3.63, 3.8) is 0 Å². The Labute approximate surface area is 95.3 Å². The number of amides is 2. The van der Waals surface area contributed by atoms with E-state index in [9.17, 15) is 18.0 Å². The van der Waals surface area contributed by atoms with Crippen LogP contribution < -0.4 is 11.2 Å². The SMILES string of the molecule is NC(=O)NN=CCc1cccc(C(F)(F)F)c1. The zero-order chi connectivity index (χ0) is 12.9. The van der Waals surface area contributed by atoms with Gasteiger partial charge in [0.25, 0.3) is 0 Å². The summed E-state index contributed by atoms with van der Waals surface area (Å²) in [5.74, 6) is 0. The monoisotopic (exact) mass is 245 g/mol. The molecule has 1 aromatic carbocycles. The standard InChI is InChI=1S/C10H10F3N3O/c11-10(12,13)8-3-1-2-7(6-8)4-5-15-16-9(14)17/h1-3,5-6H,4H2,(H3,14,16,17). The molecule has 0 saturated carbocycles. The molecule has 92 valence electrons. The fourth-order valence-corrected chi connectivity index (χ4v) is 1.13. The molecule has 0 radical (unpaired) electrons. The average molecular weight is 245 g/mol. The molecule has 0 aliphatic heterocycles. The van der Waals surface area contributed by atoms with E-state index < -0.39 is 17.8 Å². The van der Waals surface area contributed by atoms with Crippen LogP contribution in [0.4, 0.5) is 18.0 Å². The Kier molecular flexibility index (Phi) is 4.08. The van der Waals surface area contributed by atoms with Crippen LogP contribution in [0.5, 0.6) is 0 Å². The lowest BCUT2D eigenvalue weighted by Gasteiger charge is -2.07. The van der Waals surface area contributed by atoms with Crippen molar-refractivity contribution in [2.45, 2.75) is 12.6 Å². The topological polar surface area (TPSA) is 67.5 Å². The molecule has 0 saturated heterocycles. The van der Waals surface area contributed by atoms with Gasteiger partial charge >= 0.3 is 12.2 Å². The number of alkyl halides is 3. The molecule has 0 aliphatic rings. The predicted octanol–water partition coefficient (Wildman–Crippen LogP) is 1.90. The molecule has 0 fully saturated rings. The van der Waals surface area contributed by atoms with Gasteiger partial charge in [-0.3, -0.25) is 0 Å². The van der Waals surface area contributed by atoms with Gasteiger partial charge in [0.1, 0.15) is 0 Å². The largest absolute Gasteiger partial charge is 0.416 e. The number of benzene rings is 1. The first-order chi connectivity index (χ1) is 7.89. The summed E-state index contributed by atoms with van der Waals surface area (Å²) in [5.41, 5.74) is 6.41. The van der Waals surface area contributed by atoms with Crippen molar-refractivity contribution >= 4 is 12.2 Å². The second-order valence-electron chi connectivity index (χ2n) is 3.19. The molecular weight excluding hydrogens is 235 g/mol. The van der Waals surface area contributed by atoms with E-state index in [2.05, 4.69) is 5.10 Å². The Bertz CT molecular complexity index is 429. The van der Waals surface area contributed by atoms with Crippen LogP contribution in [-0.4, -0.2) is 12.2 Å². The number of nitrogens with one attached hydrogen (secondary N) is 1. The van der Waals surface area contributed by atoms with E-state index in [-0.39, 0.29) is 6.42 Å². The number of urea groups is 1. The lowest BCUT2D eigenvalue weighted by Crippen LogP contribution is -2.24. The number of hydrogen-bond donors (Lipinski definition) is 2. The van der Waals surface area contributed by atoms with Crippen LogP contribution in [0, 0.1) is 0 Å². The molecule has 17 heavy (non-hydrogen) atoms. The van der Waals surface area contributed by atoms with Crippen molar-refractivity contribution in [3.05, 3.63) is 35.4 Å². The lowest BCUT2D eigenvalue weighted by atomic mass is 10.1.